The van der Waals surface area contributed by atoms with Gasteiger partial charge < -0.3 is 30.1 Å². The summed E-state index contributed by atoms with van der Waals surface area (Å²) in [5.74, 6) is -0.0168. The number of carbonyl (C=O) groups excluding carboxylic acids is 1. The molecule has 1 atom stereocenters. The fourth-order valence-electron chi connectivity index (χ4n) is 4.86. The van der Waals surface area contributed by atoms with E-state index < -0.39 is 18.1 Å². The number of rotatable bonds is 14. The van der Waals surface area contributed by atoms with Crippen molar-refractivity contribution in [3.8, 4) is 0 Å². The van der Waals surface area contributed by atoms with Crippen LogP contribution in [-0.4, -0.2) is 79.1 Å². The van der Waals surface area contributed by atoms with Crippen molar-refractivity contribution in [3.63, 3.8) is 0 Å². The first kappa shape index (κ1) is 27.2. The predicted molar refractivity (Wildman–Crippen MR) is 135 cm³/mol. The Hall–Kier alpha value is -2.39. The first-order chi connectivity index (χ1) is 16.8. The van der Waals surface area contributed by atoms with Crippen LogP contribution in [0.15, 0.2) is 12.1 Å². The molecule has 0 radical (unpaired) electrons. The zero-order chi connectivity index (χ0) is 25.3. The summed E-state index contributed by atoms with van der Waals surface area (Å²) in [6, 6.07) is 3.33. The Labute approximate surface area is 209 Å². The maximum atomic E-state index is 12.2. The van der Waals surface area contributed by atoms with Gasteiger partial charge in [0, 0.05) is 32.4 Å². The Kier molecular flexibility index (Phi) is 10.2. The highest BCUT2D eigenvalue weighted by atomic mass is 16.6. The predicted octanol–water partition coefficient (Wildman–Crippen LogP) is 3.47. The summed E-state index contributed by atoms with van der Waals surface area (Å²) in [7, 11) is 1.66. The van der Waals surface area contributed by atoms with Crippen molar-refractivity contribution in [3.05, 3.63) is 23.4 Å². The van der Waals surface area contributed by atoms with Crippen molar-refractivity contribution in [2.45, 2.75) is 77.4 Å². The number of hydrogen-bond donors (Lipinski definition) is 3. The summed E-state index contributed by atoms with van der Waals surface area (Å²) in [5.41, 5.74) is 2.59. The highest BCUT2D eigenvalue weighted by Gasteiger charge is 2.39. The van der Waals surface area contributed by atoms with Crippen LogP contribution in [0.5, 0.6) is 0 Å². The number of hydrogen-bond acceptors (Lipinski definition) is 7. The minimum atomic E-state index is -1.05. The molecule has 0 saturated heterocycles. The first-order valence-electron chi connectivity index (χ1n) is 12.9. The van der Waals surface area contributed by atoms with Crippen LogP contribution in [0.2, 0.25) is 0 Å². The molecule has 9 nitrogen and oxygen atoms in total. The van der Waals surface area contributed by atoms with Gasteiger partial charge in [0.05, 0.1) is 6.61 Å². The molecule has 1 aromatic rings. The zero-order valence-corrected chi connectivity index (χ0v) is 21.5. The third-order valence-corrected chi connectivity index (χ3v) is 6.88. The molecule has 1 amide bonds. The molecule has 0 spiro atoms. The number of nitrogens with one attached hydrogen (secondary N) is 2. The lowest BCUT2D eigenvalue weighted by Gasteiger charge is -2.41. The van der Waals surface area contributed by atoms with Crippen LogP contribution in [0.3, 0.4) is 0 Å². The van der Waals surface area contributed by atoms with Gasteiger partial charge in [0.15, 0.2) is 0 Å². The third-order valence-electron chi connectivity index (χ3n) is 6.88. The molecule has 1 aliphatic heterocycles. The normalized spacial score (nSPS) is 17.7. The van der Waals surface area contributed by atoms with Crippen LogP contribution in [0.25, 0.3) is 0 Å². The van der Waals surface area contributed by atoms with Crippen LogP contribution in [0.1, 0.15) is 63.6 Å². The lowest BCUT2D eigenvalue weighted by molar-refractivity contribution is -0.139. The SMILES string of the molecule is COCCN(CCCCc1ccc2c(n1)NCCC2)CC[C@H](NC(=O)OC1CC(C)(C)C1)C(=O)O. The second kappa shape index (κ2) is 13.1. The Morgan fingerprint density at radius 3 is 2.77 bits per heavy atom. The number of anilines is 1. The van der Waals surface area contributed by atoms with Gasteiger partial charge in [0.2, 0.25) is 0 Å². The summed E-state index contributed by atoms with van der Waals surface area (Å²) < 4.78 is 10.6. The zero-order valence-electron chi connectivity index (χ0n) is 21.5. The molecule has 3 rings (SSSR count). The Bertz CT molecular complexity index is 839. The molecule has 1 aromatic heterocycles. The summed E-state index contributed by atoms with van der Waals surface area (Å²) >= 11 is 0. The maximum Gasteiger partial charge on any atom is 0.408 e. The summed E-state index contributed by atoms with van der Waals surface area (Å²) in [6.07, 6.45) is 6.28. The highest BCUT2D eigenvalue weighted by Crippen LogP contribution is 2.41. The molecule has 1 saturated carbocycles. The van der Waals surface area contributed by atoms with E-state index >= 15 is 0 Å². The lowest BCUT2D eigenvalue weighted by Crippen LogP contribution is -2.47. The van der Waals surface area contributed by atoms with Gasteiger partial charge in [-0.1, -0.05) is 19.9 Å². The Morgan fingerprint density at radius 1 is 1.26 bits per heavy atom. The number of aliphatic carboxylic acids is 1. The molecule has 1 aliphatic carbocycles. The van der Waals surface area contributed by atoms with Gasteiger partial charge in [0.25, 0.3) is 0 Å². The molecule has 196 valence electrons. The monoisotopic (exact) mass is 490 g/mol. The molecule has 1 fully saturated rings. The number of unbranched alkanes of at least 4 members (excludes halogenated alkanes) is 1. The van der Waals surface area contributed by atoms with Gasteiger partial charge in [-0.3, -0.25) is 0 Å². The number of nitrogens with zero attached hydrogens (tertiary/aromatic N) is 2. The smallest absolute Gasteiger partial charge is 0.408 e. The van der Waals surface area contributed by atoms with E-state index in [1.165, 1.54) is 5.56 Å². The average molecular weight is 491 g/mol. The number of aryl methyl sites for hydroxylation is 2. The minimum Gasteiger partial charge on any atom is -0.480 e. The number of pyridine rings is 1. The van der Waals surface area contributed by atoms with Crippen molar-refractivity contribution in [2.75, 3.05) is 45.2 Å². The summed E-state index contributed by atoms with van der Waals surface area (Å²) in [4.78, 5) is 30.9. The number of carbonyl (C=O) groups is 2. The number of carboxylic acid groups (broad SMARTS) is 1. The van der Waals surface area contributed by atoms with E-state index in [1.54, 1.807) is 7.11 Å². The molecule has 0 aromatic carbocycles. The molecule has 2 heterocycles. The van der Waals surface area contributed by atoms with Crippen LogP contribution in [-0.2, 0) is 27.1 Å². The number of carboxylic acids is 1. The molecule has 0 bridgehead atoms. The van der Waals surface area contributed by atoms with E-state index in [0.29, 0.717) is 26.1 Å². The van der Waals surface area contributed by atoms with Crippen LogP contribution in [0.4, 0.5) is 10.6 Å². The summed E-state index contributed by atoms with van der Waals surface area (Å²) in [5, 5.41) is 15.5. The van der Waals surface area contributed by atoms with Crippen LogP contribution >= 0.6 is 0 Å². The number of fused-ring (bicyclic) bond motifs is 1. The number of aromatic nitrogens is 1. The van der Waals surface area contributed by atoms with Gasteiger partial charge in [0.1, 0.15) is 18.0 Å². The topological polar surface area (TPSA) is 113 Å². The second-order valence-corrected chi connectivity index (χ2v) is 10.6. The minimum absolute atomic E-state index is 0.127. The van der Waals surface area contributed by atoms with Crippen molar-refractivity contribution < 1.29 is 24.2 Å². The van der Waals surface area contributed by atoms with E-state index in [9.17, 15) is 14.7 Å². The molecule has 0 unspecified atom stereocenters. The highest BCUT2D eigenvalue weighted by molar-refractivity contribution is 5.79. The Morgan fingerprint density at radius 2 is 2.06 bits per heavy atom. The number of alkyl carbamates (subject to hydrolysis) is 1. The molecule has 9 heteroatoms. The second-order valence-electron chi connectivity index (χ2n) is 10.6. The van der Waals surface area contributed by atoms with Crippen molar-refractivity contribution >= 4 is 17.9 Å². The van der Waals surface area contributed by atoms with E-state index in [0.717, 1.165) is 69.5 Å². The molecule has 35 heavy (non-hydrogen) atoms. The van der Waals surface area contributed by atoms with Gasteiger partial charge in [-0.25, -0.2) is 14.6 Å². The molecule has 3 N–H and O–H groups in total. The van der Waals surface area contributed by atoms with Gasteiger partial charge in [-0.05, 0) is 75.0 Å². The van der Waals surface area contributed by atoms with E-state index in [-0.39, 0.29) is 11.5 Å². The third kappa shape index (κ3) is 8.96. The van der Waals surface area contributed by atoms with Crippen LogP contribution in [0, 0.1) is 5.41 Å². The van der Waals surface area contributed by atoms with Crippen molar-refractivity contribution in [1.29, 1.82) is 0 Å². The largest absolute Gasteiger partial charge is 0.480 e. The quantitative estimate of drug-likeness (QED) is 0.340. The van der Waals surface area contributed by atoms with Gasteiger partial charge in [-0.15, -0.1) is 0 Å². The van der Waals surface area contributed by atoms with E-state index in [1.807, 2.05) is 0 Å². The standard InChI is InChI=1S/C26H42N4O5/c1-26(2)17-21(18-26)35-25(33)29-22(24(31)32)11-14-30(15-16-34-3)13-5-4-8-20-10-9-19-7-6-12-27-23(19)28-20/h9-10,21-22H,4-8,11-18H2,1-3H3,(H,27,28)(H,29,33)(H,31,32)/t22-/m0/s1. The number of ether oxygens (including phenoxy) is 2. The number of amides is 1. The Balaban J connectivity index is 1.40. The van der Waals surface area contributed by atoms with E-state index in [2.05, 4.69) is 41.5 Å². The van der Waals surface area contributed by atoms with E-state index in [4.69, 9.17) is 14.5 Å². The van der Waals surface area contributed by atoms with Gasteiger partial charge >= 0.3 is 12.1 Å². The van der Waals surface area contributed by atoms with Crippen molar-refractivity contribution in [1.82, 2.24) is 15.2 Å². The molecular weight excluding hydrogens is 448 g/mol. The summed E-state index contributed by atoms with van der Waals surface area (Å²) in [6.45, 7) is 7.91. The lowest BCUT2D eigenvalue weighted by atomic mass is 9.70. The molecular formula is C26H42N4O5. The average Bonchev–Trinajstić information content (AvgIpc) is 2.80. The van der Waals surface area contributed by atoms with Gasteiger partial charge in [-0.2, -0.15) is 0 Å². The molecule has 2 aliphatic rings. The van der Waals surface area contributed by atoms with Crippen LogP contribution < -0.4 is 10.6 Å². The fraction of sp³-hybridized carbons (Fsp3) is 0.731. The maximum absolute atomic E-state index is 12.2. The number of methoxy groups -OCH3 is 1. The first-order valence-corrected chi connectivity index (χ1v) is 12.9. The fourth-order valence-corrected chi connectivity index (χ4v) is 4.86. The van der Waals surface area contributed by atoms with Crippen molar-refractivity contribution in [2.24, 2.45) is 5.41 Å².